The Morgan fingerprint density at radius 2 is 1.84 bits per heavy atom. The van der Waals surface area contributed by atoms with Gasteiger partial charge in [-0.1, -0.05) is 12.6 Å². The first-order valence-corrected chi connectivity index (χ1v) is 14.5. The van der Waals surface area contributed by atoms with Crippen molar-refractivity contribution >= 4 is 45.0 Å². The largest absolute Gasteiger partial charge is 0.479 e. The highest BCUT2D eigenvalue weighted by Gasteiger charge is 2.42. The predicted octanol–water partition coefficient (Wildman–Crippen LogP) is 2.45. The second-order valence-electron chi connectivity index (χ2n) is 9.41. The number of guanidine groups is 1. The number of hydrogen-bond acceptors (Lipinski definition) is 10. The predicted molar refractivity (Wildman–Crippen MR) is 158 cm³/mol. The number of pyridine rings is 1. The van der Waals surface area contributed by atoms with Gasteiger partial charge in [0.15, 0.2) is 0 Å². The summed E-state index contributed by atoms with van der Waals surface area (Å²) in [6, 6.07) is 8.25. The summed E-state index contributed by atoms with van der Waals surface area (Å²) in [5.74, 6) is -0.0972. The first kappa shape index (κ1) is 31.6. The van der Waals surface area contributed by atoms with Crippen molar-refractivity contribution in [2.75, 3.05) is 61.2 Å². The lowest BCUT2D eigenvalue weighted by Crippen LogP contribution is -2.51. The van der Waals surface area contributed by atoms with Gasteiger partial charge in [-0.05, 0) is 43.3 Å². The van der Waals surface area contributed by atoms with Crippen LogP contribution in [0.3, 0.4) is 0 Å². The zero-order chi connectivity index (χ0) is 31.4. The first-order chi connectivity index (χ1) is 20.3. The highest BCUT2D eigenvalue weighted by molar-refractivity contribution is 7.87. The third-order valence-corrected chi connectivity index (χ3v) is 8.16. The van der Waals surface area contributed by atoms with Crippen LogP contribution in [0.4, 0.5) is 36.1 Å². The number of carbonyl (C=O) groups excluding carboxylic acids is 1. The van der Waals surface area contributed by atoms with Crippen molar-refractivity contribution in [3.63, 3.8) is 0 Å². The quantitative estimate of drug-likeness (QED) is 0.265. The van der Waals surface area contributed by atoms with Gasteiger partial charge in [0.25, 0.3) is 10.2 Å². The molecule has 5 N–H and O–H groups in total. The lowest BCUT2D eigenvalue weighted by atomic mass is 10.1. The number of nitrogens with one attached hydrogen (secondary N) is 5. The number of benzene rings is 1. The van der Waals surface area contributed by atoms with Gasteiger partial charge in [-0.3, -0.25) is 4.79 Å². The summed E-state index contributed by atoms with van der Waals surface area (Å²) in [5, 5.41) is 11.0. The van der Waals surface area contributed by atoms with Crippen LogP contribution in [0.15, 0.2) is 65.4 Å². The maximum absolute atomic E-state index is 14.1. The molecular formula is C26H32F3N9O4S. The Kier molecular flexibility index (Phi) is 9.46. The van der Waals surface area contributed by atoms with Crippen LogP contribution in [-0.4, -0.2) is 82.1 Å². The molecule has 0 radical (unpaired) electrons. The van der Waals surface area contributed by atoms with Gasteiger partial charge in [-0.15, -0.1) is 0 Å². The van der Waals surface area contributed by atoms with Crippen LogP contribution in [0, 0.1) is 0 Å². The lowest BCUT2D eigenvalue weighted by Gasteiger charge is -2.34. The van der Waals surface area contributed by atoms with E-state index in [2.05, 4.69) is 42.5 Å². The molecule has 43 heavy (non-hydrogen) atoms. The molecule has 1 atom stereocenters. The molecule has 0 aliphatic carbocycles. The van der Waals surface area contributed by atoms with E-state index in [9.17, 15) is 26.4 Å². The molecule has 17 heteroatoms. The molecule has 13 nitrogen and oxygen atoms in total. The highest BCUT2D eigenvalue weighted by atomic mass is 32.2. The molecule has 0 bridgehead atoms. The molecular weight excluding hydrogens is 591 g/mol. The van der Waals surface area contributed by atoms with E-state index in [-0.39, 0.29) is 36.4 Å². The van der Waals surface area contributed by atoms with Gasteiger partial charge in [0, 0.05) is 44.6 Å². The Bertz CT molecular complexity index is 1540. The van der Waals surface area contributed by atoms with Crippen molar-refractivity contribution in [2.24, 2.45) is 4.99 Å². The van der Waals surface area contributed by atoms with Gasteiger partial charge in [0.2, 0.25) is 17.7 Å². The number of aliphatic imine (C=N–C) groups is 1. The van der Waals surface area contributed by atoms with Crippen molar-refractivity contribution in [1.29, 1.82) is 0 Å². The Labute approximate surface area is 247 Å². The van der Waals surface area contributed by atoms with E-state index < -0.39 is 33.9 Å². The summed E-state index contributed by atoms with van der Waals surface area (Å²) in [6.45, 7) is 6.02. The molecule has 1 aromatic heterocycles. The molecule has 1 unspecified atom stereocenters. The topological polar surface area (TPSA) is 152 Å². The van der Waals surface area contributed by atoms with E-state index >= 15 is 0 Å². The lowest BCUT2D eigenvalue weighted by molar-refractivity contribution is -0.111. The van der Waals surface area contributed by atoms with Gasteiger partial charge in [-0.25, -0.2) is 9.71 Å². The Morgan fingerprint density at radius 3 is 2.47 bits per heavy atom. The minimum Gasteiger partial charge on any atom is -0.479 e. The number of halogens is 3. The van der Waals surface area contributed by atoms with E-state index in [1.54, 1.807) is 30.3 Å². The Morgan fingerprint density at radius 1 is 1.14 bits per heavy atom. The fraction of sp³-hybridized carbons (Fsp3) is 0.346. The van der Waals surface area contributed by atoms with Crippen molar-refractivity contribution < 1.29 is 31.1 Å². The van der Waals surface area contributed by atoms with Gasteiger partial charge in [-0.2, -0.15) is 30.9 Å². The highest BCUT2D eigenvalue weighted by Crippen LogP contribution is 2.34. The summed E-state index contributed by atoms with van der Waals surface area (Å²) < 4.78 is 75.4. The molecule has 4 rings (SSSR count). The summed E-state index contributed by atoms with van der Waals surface area (Å²) >= 11 is 0. The number of carbonyl (C=O) groups is 1. The monoisotopic (exact) mass is 623 g/mol. The van der Waals surface area contributed by atoms with Crippen LogP contribution in [0.5, 0.6) is 5.88 Å². The number of alkyl halides is 3. The maximum atomic E-state index is 14.1. The molecule has 1 amide bonds. The number of hydrogen-bond donors (Lipinski definition) is 5. The SMILES string of the molecule is C=CC(=O)Nc1cccc(NC2=C(C(F)(F)F)C(C)N=C(Nc3ccc(N4CCN(S(=O)(=O)NC)CC4)nc3OC)N2)c1. The van der Waals surface area contributed by atoms with Crippen LogP contribution in [-0.2, 0) is 15.0 Å². The number of anilines is 4. The van der Waals surface area contributed by atoms with Gasteiger partial charge < -0.3 is 30.9 Å². The molecule has 1 saturated heterocycles. The summed E-state index contributed by atoms with van der Waals surface area (Å²) in [4.78, 5) is 22.2. The number of piperazine rings is 1. The van der Waals surface area contributed by atoms with Crippen molar-refractivity contribution in [1.82, 2.24) is 19.3 Å². The zero-order valence-corrected chi connectivity index (χ0v) is 24.4. The number of aromatic nitrogens is 1. The maximum Gasteiger partial charge on any atom is 0.418 e. The van der Waals surface area contributed by atoms with Gasteiger partial charge in [0.1, 0.15) is 17.3 Å². The van der Waals surface area contributed by atoms with Crippen LogP contribution in [0.2, 0.25) is 0 Å². The normalized spacial score (nSPS) is 18.0. The van der Waals surface area contributed by atoms with Gasteiger partial charge in [0.05, 0.1) is 18.7 Å². The molecule has 2 aliphatic rings. The molecule has 0 saturated carbocycles. The number of ether oxygens (including phenoxy) is 1. The van der Waals surface area contributed by atoms with E-state index in [1.807, 2.05) is 4.90 Å². The fourth-order valence-electron chi connectivity index (χ4n) is 4.51. The minimum absolute atomic E-state index is 0.0119. The van der Waals surface area contributed by atoms with E-state index in [0.29, 0.717) is 30.3 Å². The minimum atomic E-state index is -4.70. The van der Waals surface area contributed by atoms with Crippen LogP contribution in [0.1, 0.15) is 6.92 Å². The van der Waals surface area contributed by atoms with Crippen LogP contribution in [0.25, 0.3) is 0 Å². The molecule has 3 heterocycles. The van der Waals surface area contributed by atoms with Crippen LogP contribution >= 0.6 is 0 Å². The second kappa shape index (κ2) is 12.9. The van der Waals surface area contributed by atoms with Crippen LogP contribution < -0.4 is 35.6 Å². The number of amides is 1. The number of methoxy groups -OCH3 is 1. The third kappa shape index (κ3) is 7.54. The first-order valence-electron chi connectivity index (χ1n) is 13.1. The third-order valence-electron chi connectivity index (χ3n) is 6.60. The average Bonchev–Trinajstić information content (AvgIpc) is 2.96. The van der Waals surface area contributed by atoms with Crippen molar-refractivity contribution in [3.05, 3.63) is 60.4 Å². The molecule has 232 valence electrons. The molecule has 0 spiro atoms. The summed E-state index contributed by atoms with van der Waals surface area (Å²) in [5.41, 5.74) is 0.0650. The Balaban J connectivity index is 1.52. The van der Waals surface area contributed by atoms with E-state index in [4.69, 9.17) is 4.74 Å². The summed E-state index contributed by atoms with van der Waals surface area (Å²) in [6.07, 6.45) is -3.62. The smallest absolute Gasteiger partial charge is 0.418 e. The van der Waals surface area contributed by atoms with Crippen molar-refractivity contribution in [2.45, 2.75) is 19.1 Å². The Hall–Kier alpha value is -4.35. The number of nitrogens with zero attached hydrogens (tertiary/aromatic N) is 4. The van der Waals surface area contributed by atoms with Crippen molar-refractivity contribution in [3.8, 4) is 5.88 Å². The summed E-state index contributed by atoms with van der Waals surface area (Å²) in [7, 11) is -0.773. The molecule has 1 aromatic carbocycles. The average molecular weight is 624 g/mol. The van der Waals surface area contributed by atoms with Gasteiger partial charge >= 0.3 is 6.18 Å². The second-order valence-corrected chi connectivity index (χ2v) is 11.3. The molecule has 1 fully saturated rings. The fourth-order valence-corrected chi connectivity index (χ4v) is 5.41. The standard InChI is InChI=1S/C26H32F3N9O4S/c1-5-21(39)32-17-7-6-8-18(15-17)33-23-22(26(27,28)29)16(2)31-25(36-23)34-19-9-10-20(35-24(19)42-4)37-11-13-38(14-12-37)43(40,41)30-3/h5-10,15-16,30,33H,1,11-14H2,2-4H3,(H,32,39)(H2,31,34,36). The van der Waals surface area contributed by atoms with E-state index in [1.165, 1.54) is 31.5 Å². The zero-order valence-electron chi connectivity index (χ0n) is 23.6. The van der Waals surface area contributed by atoms with E-state index in [0.717, 1.165) is 6.08 Å². The molecule has 2 aromatic rings. The molecule has 2 aliphatic heterocycles. The number of rotatable bonds is 9.